The predicted molar refractivity (Wildman–Crippen MR) is 68.7 cm³/mol. The molecule has 0 aromatic rings. The van der Waals surface area contributed by atoms with Gasteiger partial charge in [-0.05, 0) is 51.8 Å². The fraction of sp³-hybridized carbons (Fsp3) is 0.917. The third kappa shape index (κ3) is 2.54. The van der Waals surface area contributed by atoms with Crippen molar-refractivity contribution in [3.05, 3.63) is 0 Å². The molecule has 0 aromatic heterocycles. The van der Waals surface area contributed by atoms with Gasteiger partial charge in [0, 0.05) is 11.3 Å². The van der Waals surface area contributed by atoms with Crippen molar-refractivity contribution in [3.63, 3.8) is 0 Å². The number of hydrogen-bond donors (Lipinski definition) is 2. The molecule has 1 heterocycles. The van der Waals surface area contributed by atoms with Crippen molar-refractivity contribution in [1.82, 2.24) is 10.6 Å². The third-order valence-electron chi connectivity index (χ3n) is 3.92. The minimum atomic E-state index is -0.308. The molecule has 1 saturated heterocycles. The third-order valence-corrected chi connectivity index (χ3v) is 5.02. The van der Waals surface area contributed by atoms with Gasteiger partial charge >= 0.3 is 0 Å². The summed E-state index contributed by atoms with van der Waals surface area (Å²) < 4.78 is 0. The van der Waals surface area contributed by atoms with Crippen molar-refractivity contribution in [1.29, 1.82) is 0 Å². The van der Waals surface area contributed by atoms with E-state index in [1.807, 2.05) is 18.7 Å². The zero-order valence-corrected chi connectivity index (χ0v) is 11.0. The van der Waals surface area contributed by atoms with Crippen LogP contribution in [0.5, 0.6) is 0 Å². The average Bonchev–Trinajstić information content (AvgIpc) is 2.88. The average molecular weight is 242 g/mol. The van der Waals surface area contributed by atoms with Crippen molar-refractivity contribution in [3.8, 4) is 0 Å². The van der Waals surface area contributed by atoms with Gasteiger partial charge in [-0.25, -0.2) is 0 Å². The highest BCUT2D eigenvalue weighted by Gasteiger charge is 2.37. The van der Waals surface area contributed by atoms with Crippen molar-refractivity contribution >= 4 is 17.7 Å². The summed E-state index contributed by atoms with van der Waals surface area (Å²) in [6.45, 7) is 3.00. The first-order valence-electron chi connectivity index (χ1n) is 6.23. The molecule has 1 aliphatic carbocycles. The van der Waals surface area contributed by atoms with Crippen molar-refractivity contribution < 1.29 is 4.79 Å². The van der Waals surface area contributed by atoms with Gasteiger partial charge in [-0.2, -0.15) is 11.8 Å². The topological polar surface area (TPSA) is 41.1 Å². The van der Waals surface area contributed by atoms with Gasteiger partial charge in [0.05, 0.1) is 5.54 Å². The quantitative estimate of drug-likeness (QED) is 0.788. The number of carbonyl (C=O) groups is 1. The summed E-state index contributed by atoms with van der Waals surface area (Å²) in [5, 5.41) is 7.27. The Morgan fingerprint density at radius 3 is 2.88 bits per heavy atom. The minimum absolute atomic E-state index is 0.205. The van der Waals surface area contributed by atoms with Crippen LogP contribution >= 0.6 is 11.8 Å². The van der Waals surface area contributed by atoms with Gasteiger partial charge in [-0.1, -0.05) is 0 Å². The van der Waals surface area contributed by atoms with Crippen molar-refractivity contribution in [2.75, 3.05) is 12.8 Å². The second-order valence-corrected chi connectivity index (χ2v) is 6.34. The predicted octanol–water partition coefficient (Wildman–Crippen LogP) is 1.53. The van der Waals surface area contributed by atoms with Gasteiger partial charge in [0.2, 0.25) is 5.91 Å². The number of amides is 1. The number of carbonyl (C=O) groups excluding carboxylic acids is 1. The monoisotopic (exact) mass is 242 g/mol. The maximum Gasteiger partial charge on any atom is 0.240 e. The number of hydrogen-bond acceptors (Lipinski definition) is 3. The second-order valence-electron chi connectivity index (χ2n) is 5.20. The number of thioether (sulfide) groups is 1. The molecule has 2 fully saturated rings. The molecule has 1 aliphatic heterocycles. The van der Waals surface area contributed by atoms with E-state index in [0.717, 1.165) is 37.5 Å². The summed E-state index contributed by atoms with van der Waals surface area (Å²) in [4.78, 5) is 12.1. The molecule has 1 saturated carbocycles. The van der Waals surface area contributed by atoms with E-state index >= 15 is 0 Å². The molecular formula is C12H22N2OS. The lowest BCUT2D eigenvalue weighted by Crippen LogP contribution is -2.53. The molecule has 0 radical (unpaired) electrons. The molecule has 92 valence electrons. The van der Waals surface area contributed by atoms with Gasteiger partial charge in [0.1, 0.15) is 0 Å². The zero-order chi connectivity index (χ0) is 11.6. The first kappa shape index (κ1) is 12.2. The fourth-order valence-electron chi connectivity index (χ4n) is 2.72. The molecule has 0 bridgehead atoms. The van der Waals surface area contributed by atoms with E-state index in [-0.39, 0.29) is 11.4 Å². The summed E-state index contributed by atoms with van der Waals surface area (Å²) in [5.74, 6) is 0.205. The highest BCUT2D eigenvalue weighted by Crippen LogP contribution is 2.29. The minimum Gasteiger partial charge on any atom is -0.352 e. The smallest absolute Gasteiger partial charge is 0.240 e. The number of nitrogens with one attached hydrogen (secondary N) is 2. The van der Waals surface area contributed by atoms with Crippen molar-refractivity contribution in [2.24, 2.45) is 0 Å². The molecule has 4 heteroatoms. The standard InChI is InChI=1S/C12H22N2OS/c1-12(6-3-7-13-12)11(15)14-9-4-5-10(8-9)16-2/h9-10,13H,3-8H2,1-2H3,(H,14,15). The Morgan fingerprint density at radius 2 is 2.31 bits per heavy atom. The Kier molecular flexibility index (Phi) is 3.80. The van der Waals surface area contributed by atoms with E-state index in [0.29, 0.717) is 6.04 Å². The van der Waals surface area contributed by atoms with Gasteiger partial charge < -0.3 is 10.6 Å². The van der Waals surface area contributed by atoms with E-state index in [4.69, 9.17) is 0 Å². The van der Waals surface area contributed by atoms with E-state index in [2.05, 4.69) is 16.9 Å². The maximum absolute atomic E-state index is 12.1. The molecule has 2 rings (SSSR count). The van der Waals surface area contributed by atoms with Crippen LogP contribution in [0.4, 0.5) is 0 Å². The van der Waals surface area contributed by atoms with Crippen LogP contribution in [0, 0.1) is 0 Å². The molecule has 16 heavy (non-hydrogen) atoms. The Labute approximate surface area is 102 Å². The SMILES string of the molecule is CSC1CCC(NC(=O)C2(C)CCCN2)C1. The zero-order valence-electron chi connectivity index (χ0n) is 10.2. The van der Waals surface area contributed by atoms with Crippen molar-refractivity contribution in [2.45, 2.75) is 55.9 Å². The van der Waals surface area contributed by atoms with Gasteiger partial charge in [0.25, 0.3) is 0 Å². The summed E-state index contributed by atoms with van der Waals surface area (Å²) in [6.07, 6.45) is 7.78. The Bertz CT molecular complexity index is 264. The van der Waals surface area contributed by atoms with E-state index in [1.54, 1.807) is 0 Å². The lowest BCUT2D eigenvalue weighted by Gasteiger charge is -2.25. The van der Waals surface area contributed by atoms with Gasteiger partial charge in [-0.3, -0.25) is 4.79 Å². The highest BCUT2D eigenvalue weighted by atomic mass is 32.2. The summed E-state index contributed by atoms with van der Waals surface area (Å²) in [6, 6.07) is 0.407. The van der Waals surface area contributed by atoms with Crippen LogP contribution in [0.25, 0.3) is 0 Å². The Balaban J connectivity index is 1.83. The first-order valence-corrected chi connectivity index (χ1v) is 7.51. The highest BCUT2D eigenvalue weighted by molar-refractivity contribution is 7.99. The summed E-state index contributed by atoms with van der Waals surface area (Å²) in [7, 11) is 0. The van der Waals surface area contributed by atoms with Crippen LogP contribution in [-0.4, -0.2) is 35.5 Å². The fourth-order valence-corrected chi connectivity index (χ4v) is 3.51. The first-order chi connectivity index (χ1) is 7.64. The lowest BCUT2D eigenvalue weighted by atomic mass is 9.99. The van der Waals surface area contributed by atoms with Crippen LogP contribution in [0.2, 0.25) is 0 Å². The largest absolute Gasteiger partial charge is 0.352 e. The van der Waals surface area contributed by atoms with Crippen LogP contribution < -0.4 is 10.6 Å². The molecule has 2 N–H and O–H groups in total. The number of rotatable bonds is 3. The molecular weight excluding hydrogens is 220 g/mol. The van der Waals surface area contributed by atoms with E-state index in [1.165, 1.54) is 6.42 Å². The molecule has 3 atom stereocenters. The second kappa shape index (κ2) is 4.96. The van der Waals surface area contributed by atoms with Crippen LogP contribution in [-0.2, 0) is 4.79 Å². The van der Waals surface area contributed by atoms with Gasteiger partial charge in [-0.15, -0.1) is 0 Å². The maximum atomic E-state index is 12.1. The van der Waals surface area contributed by atoms with Crippen LogP contribution in [0.3, 0.4) is 0 Å². The summed E-state index contributed by atoms with van der Waals surface area (Å²) in [5.41, 5.74) is -0.308. The molecule has 3 unspecified atom stereocenters. The molecule has 2 aliphatic rings. The molecule has 1 amide bonds. The molecule has 0 aromatic carbocycles. The van der Waals surface area contributed by atoms with E-state index < -0.39 is 0 Å². The molecule has 0 spiro atoms. The Hall–Kier alpha value is -0.220. The van der Waals surface area contributed by atoms with Gasteiger partial charge in [0.15, 0.2) is 0 Å². The lowest BCUT2D eigenvalue weighted by molar-refractivity contribution is -0.127. The normalized spacial score (nSPS) is 38.9. The molecule has 3 nitrogen and oxygen atoms in total. The Morgan fingerprint density at radius 1 is 1.50 bits per heavy atom. The van der Waals surface area contributed by atoms with Crippen LogP contribution in [0.1, 0.15) is 39.0 Å². The van der Waals surface area contributed by atoms with Crippen LogP contribution in [0.15, 0.2) is 0 Å². The summed E-state index contributed by atoms with van der Waals surface area (Å²) >= 11 is 1.93. The van der Waals surface area contributed by atoms with E-state index in [9.17, 15) is 4.79 Å².